The van der Waals surface area contributed by atoms with Gasteiger partial charge in [0.25, 0.3) is 5.91 Å². The molecule has 0 saturated heterocycles. The highest BCUT2D eigenvalue weighted by Crippen LogP contribution is 2.14. The van der Waals surface area contributed by atoms with Crippen LogP contribution in [0.15, 0.2) is 41.8 Å². The number of ether oxygens (including phenoxy) is 1. The molecule has 3 nitrogen and oxygen atoms in total. The van der Waals surface area contributed by atoms with Crippen LogP contribution in [0.25, 0.3) is 0 Å². The molecule has 94 valence electrons. The van der Waals surface area contributed by atoms with Crippen LogP contribution >= 0.6 is 27.3 Å². The van der Waals surface area contributed by atoms with E-state index in [-0.39, 0.29) is 5.91 Å². The largest absolute Gasteiger partial charge is 0.482 e. The number of hydrogen-bond donors (Lipinski definition) is 1. The van der Waals surface area contributed by atoms with Gasteiger partial charge in [-0.25, -0.2) is 0 Å². The minimum absolute atomic E-state index is 0.0941. The molecule has 1 heterocycles. The molecule has 0 fully saturated rings. The van der Waals surface area contributed by atoms with E-state index in [2.05, 4.69) is 21.2 Å². The van der Waals surface area contributed by atoms with Gasteiger partial charge < -0.3 is 10.1 Å². The maximum atomic E-state index is 11.9. The summed E-state index contributed by atoms with van der Waals surface area (Å²) in [4.78, 5) is 13.1. The molecular weight excluding hydrogens is 314 g/mol. The third-order valence-corrected chi connectivity index (χ3v) is 3.43. The lowest BCUT2D eigenvalue weighted by Gasteiger charge is -2.06. The van der Waals surface area contributed by atoms with E-state index in [0.29, 0.717) is 23.4 Å². The van der Waals surface area contributed by atoms with Crippen LogP contribution in [0.1, 0.15) is 15.2 Å². The van der Waals surface area contributed by atoms with Gasteiger partial charge in [0.05, 0.1) is 6.54 Å². The molecule has 18 heavy (non-hydrogen) atoms. The van der Waals surface area contributed by atoms with Crippen molar-refractivity contribution in [2.75, 3.05) is 5.52 Å². The number of carbonyl (C=O) groups is 1. The van der Waals surface area contributed by atoms with Crippen molar-refractivity contribution in [3.05, 3.63) is 52.2 Å². The summed E-state index contributed by atoms with van der Waals surface area (Å²) in [6, 6.07) is 11.1. The fourth-order valence-electron chi connectivity index (χ4n) is 1.47. The van der Waals surface area contributed by atoms with E-state index < -0.39 is 0 Å². The first-order valence-electron chi connectivity index (χ1n) is 5.39. The number of thiophene rings is 1. The van der Waals surface area contributed by atoms with Gasteiger partial charge in [-0.2, -0.15) is 0 Å². The van der Waals surface area contributed by atoms with Crippen LogP contribution in [0.5, 0.6) is 5.75 Å². The van der Waals surface area contributed by atoms with Gasteiger partial charge in [-0.3, -0.25) is 4.79 Å². The maximum absolute atomic E-state index is 11.9. The zero-order valence-electron chi connectivity index (χ0n) is 9.56. The maximum Gasteiger partial charge on any atom is 0.251 e. The van der Waals surface area contributed by atoms with Gasteiger partial charge in [0, 0.05) is 10.4 Å². The molecule has 0 saturated carbocycles. The highest BCUT2D eigenvalue weighted by Gasteiger charge is 2.06. The van der Waals surface area contributed by atoms with E-state index in [4.69, 9.17) is 4.74 Å². The normalized spacial score (nSPS) is 10.1. The Kier molecular flexibility index (Phi) is 4.78. The summed E-state index contributed by atoms with van der Waals surface area (Å²) in [5.74, 6) is 0.582. The third-order valence-electron chi connectivity index (χ3n) is 2.32. The van der Waals surface area contributed by atoms with E-state index >= 15 is 0 Å². The summed E-state index contributed by atoms with van der Waals surface area (Å²) in [6.45, 7) is 0.556. The van der Waals surface area contributed by atoms with Crippen molar-refractivity contribution < 1.29 is 9.53 Å². The Morgan fingerprint density at radius 2 is 2.22 bits per heavy atom. The van der Waals surface area contributed by atoms with Gasteiger partial charge in [-0.15, -0.1) is 11.3 Å². The summed E-state index contributed by atoms with van der Waals surface area (Å²) >= 11 is 4.81. The van der Waals surface area contributed by atoms with Crippen LogP contribution in [0, 0.1) is 0 Å². The Hall–Kier alpha value is -1.33. The highest BCUT2D eigenvalue weighted by atomic mass is 79.9. The van der Waals surface area contributed by atoms with Crippen LogP contribution in [-0.4, -0.2) is 11.4 Å². The molecule has 0 aliphatic heterocycles. The number of alkyl halides is 1. The number of rotatable bonds is 5. The molecule has 1 N–H and O–H groups in total. The quantitative estimate of drug-likeness (QED) is 0.855. The van der Waals surface area contributed by atoms with Crippen molar-refractivity contribution in [2.45, 2.75) is 6.54 Å². The second-order valence-corrected chi connectivity index (χ2v) is 5.03. The number of hydrogen-bond acceptors (Lipinski definition) is 3. The summed E-state index contributed by atoms with van der Waals surface area (Å²) in [7, 11) is 0. The van der Waals surface area contributed by atoms with Gasteiger partial charge in [-0.05, 0) is 45.6 Å². The van der Waals surface area contributed by atoms with E-state index in [1.165, 1.54) is 0 Å². The fourth-order valence-corrected chi connectivity index (χ4v) is 2.38. The number of carbonyl (C=O) groups excluding carboxylic acids is 1. The van der Waals surface area contributed by atoms with Crippen molar-refractivity contribution in [3.8, 4) is 5.75 Å². The molecule has 0 unspecified atom stereocenters. The topological polar surface area (TPSA) is 38.3 Å². The molecule has 2 aromatic rings. The summed E-state index contributed by atoms with van der Waals surface area (Å²) in [5.41, 5.74) is 1.01. The lowest BCUT2D eigenvalue weighted by Crippen LogP contribution is -2.22. The average molecular weight is 326 g/mol. The van der Waals surface area contributed by atoms with Gasteiger partial charge in [-0.1, -0.05) is 12.1 Å². The summed E-state index contributed by atoms with van der Waals surface area (Å²) in [6.07, 6.45) is 0. The van der Waals surface area contributed by atoms with Crippen molar-refractivity contribution in [1.82, 2.24) is 5.32 Å². The molecule has 0 radical (unpaired) electrons. The lowest BCUT2D eigenvalue weighted by atomic mass is 10.2. The van der Waals surface area contributed by atoms with Gasteiger partial charge in [0.1, 0.15) is 11.3 Å². The Morgan fingerprint density at radius 3 is 2.94 bits per heavy atom. The van der Waals surface area contributed by atoms with Crippen molar-refractivity contribution in [3.63, 3.8) is 0 Å². The minimum atomic E-state index is -0.0941. The molecule has 0 aliphatic carbocycles. The average Bonchev–Trinajstić information content (AvgIpc) is 2.90. The Balaban J connectivity index is 1.97. The monoisotopic (exact) mass is 325 g/mol. The Bertz CT molecular complexity index is 513. The first kappa shape index (κ1) is 13.1. The number of amides is 1. The first-order chi connectivity index (χ1) is 8.79. The minimum Gasteiger partial charge on any atom is -0.482 e. The standard InChI is InChI=1S/C13H12BrNO2S/c14-9-17-11-4-1-3-10(7-11)13(16)15-8-12-5-2-6-18-12/h1-7H,8-9H2,(H,15,16). The molecule has 2 rings (SSSR count). The molecule has 0 atom stereocenters. The highest BCUT2D eigenvalue weighted by molar-refractivity contribution is 9.09. The van der Waals surface area contributed by atoms with Crippen molar-refractivity contribution in [1.29, 1.82) is 0 Å². The SMILES string of the molecule is O=C(NCc1cccs1)c1cccc(OCBr)c1. The molecule has 1 aromatic heterocycles. The fraction of sp³-hybridized carbons (Fsp3) is 0.154. The molecule has 0 aliphatic rings. The summed E-state index contributed by atoms with van der Waals surface area (Å²) < 4.78 is 5.29. The van der Waals surface area contributed by atoms with Gasteiger partial charge in [0.15, 0.2) is 0 Å². The molecule has 0 spiro atoms. The predicted octanol–water partition coefficient (Wildman–Crippen LogP) is 3.41. The Morgan fingerprint density at radius 1 is 1.33 bits per heavy atom. The van der Waals surface area contributed by atoms with Crippen molar-refractivity contribution in [2.24, 2.45) is 0 Å². The summed E-state index contributed by atoms with van der Waals surface area (Å²) in [5, 5.41) is 4.87. The third kappa shape index (κ3) is 3.58. The van der Waals surface area contributed by atoms with E-state index in [1.54, 1.807) is 29.5 Å². The number of benzene rings is 1. The van der Waals surface area contributed by atoms with Crippen LogP contribution in [0.4, 0.5) is 0 Å². The van der Waals surface area contributed by atoms with Gasteiger partial charge >= 0.3 is 0 Å². The predicted molar refractivity (Wildman–Crippen MR) is 76.4 cm³/mol. The molecule has 1 aromatic carbocycles. The van der Waals surface area contributed by atoms with Crippen LogP contribution in [0.2, 0.25) is 0 Å². The molecular formula is C13H12BrNO2S. The van der Waals surface area contributed by atoms with Crippen molar-refractivity contribution >= 4 is 33.2 Å². The molecule has 1 amide bonds. The second-order valence-electron chi connectivity index (χ2n) is 3.54. The molecule has 5 heteroatoms. The zero-order valence-corrected chi connectivity index (χ0v) is 12.0. The first-order valence-corrected chi connectivity index (χ1v) is 7.39. The number of halogens is 1. The van der Waals surface area contributed by atoms with Gasteiger partial charge in [0.2, 0.25) is 0 Å². The van der Waals surface area contributed by atoms with E-state index in [1.807, 2.05) is 23.6 Å². The zero-order chi connectivity index (χ0) is 12.8. The van der Waals surface area contributed by atoms with Crippen LogP contribution in [-0.2, 0) is 6.54 Å². The lowest BCUT2D eigenvalue weighted by molar-refractivity contribution is 0.0951. The van der Waals surface area contributed by atoms with E-state index in [9.17, 15) is 4.79 Å². The molecule has 0 bridgehead atoms. The smallest absolute Gasteiger partial charge is 0.251 e. The van der Waals surface area contributed by atoms with Crippen LogP contribution < -0.4 is 10.1 Å². The van der Waals surface area contributed by atoms with E-state index in [0.717, 1.165) is 4.88 Å². The van der Waals surface area contributed by atoms with Crippen LogP contribution in [0.3, 0.4) is 0 Å². The second kappa shape index (κ2) is 6.56. The number of nitrogens with one attached hydrogen (secondary N) is 1. The Labute approximate surface area is 118 Å².